The number of nitrogens with zero attached hydrogens (tertiary/aromatic N) is 3. The molecule has 2 rings (SSSR count). The predicted octanol–water partition coefficient (Wildman–Crippen LogP) is 0.308. The summed E-state index contributed by atoms with van der Waals surface area (Å²) in [6, 6.07) is 1.98. The Balaban J connectivity index is 2.51. The monoisotopic (exact) mass is 260 g/mol. The van der Waals surface area contributed by atoms with Crippen LogP contribution < -0.4 is 5.56 Å². The van der Waals surface area contributed by atoms with Crippen molar-refractivity contribution < 1.29 is 9.53 Å². The summed E-state index contributed by atoms with van der Waals surface area (Å²) in [6.45, 7) is 3.63. The lowest BCUT2D eigenvalue weighted by Crippen LogP contribution is -2.22. The molecule has 0 unspecified atom stereocenters. The lowest BCUT2D eigenvalue weighted by molar-refractivity contribution is -0.142. The number of nitriles is 1. The highest BCUT2D eigenvalue weighted by atomic mass is 16.5. The Morgan fingerprint density at radius 1 is 1.63 bits per heavy atom. The Morgan fingerprint density at radius 3 is 3.00 bits per heavy atom. The van der Waals surface area contributed by atoms with Crippen LogP contribution in [0.3, 0.4) is 0 Å². The van der Waals surface area contributed by atoms with Crippen LogP contribution in [0, 0.1) is 18.3 Å². The van der Waals surface area contributed by atoms with Gasteiger partial charge in [0.15, 0.2) is 5.65 Å². The molecule has 0 saturated carbocycles. The third-order valence-corrected chi connectivity index (χ3v) is 2.66. The maximum Gasteiger partial charge on any atom is 0.310 e. The Kier molecular flexibility index (Phi) is 3.33. The average Bonchev–Trinajstić information content (AvgIpc) is 2.70. The van der Waals surface area contributed by atoms with Gasteiger partial charge in [-0.3, -0.25) is 14.7 Å². The zero-order valence-corrected chi connectivity index (χ0v) is 10.6. The van der Waals surface area contributed by atoms with Gasteiger partial charge < -0.3 is 4.74 Å². The van der Waals surface area contributed by atoms with Gasteiger partial charge in [0.1, 0.15) is 11.6 Å². The third kappa shape index (κ3) is 2.20. The van der Waals surface area contributed by atoms with Crippen LogP contribution in [0.25, 0.3) is 5.65 Å². The van der Waals surface area contributed by atoms with E-state index in [4.69, 9.17) is 10.00 Å². The van der Waals surface area contributed by atoms with Gasteiger partial charge in [-0.15, -0.1) is 0 Å². The zero-order valence-electron chi connectivity index (χ0n) is 10.6. The highest BCUT2D eigenvalue weighted by Gasteiger charge is 2.15. The fraction of sp³-hybridized carbons (Fsp3) is 0.333. The second-order valence-electron chi connectivity index (χ2n) is 3.95. The van der Waals surface area contributed by atoms with Crippen LogP contribution in [-0.4, -0.2) is 27.2 Å². The van der Waals surface area contributed by atoms with E-state index in [-0.39, 0.29) is 24.2 Å². The molecule has 0 aliphatic rings. The molecule has 0 aliphatic carbocycles. The van der Waals surface area contributed by atoms with E-state index >= 15 is 0 Å². The SMILES string of the molecule is CCOC(=O)Cc1cnc2c(C#N)c(C)[nH]n2c1=O. The molecule has 0 aliphatic heterocycles. The molecule has 0 bridgehead atoms. The predicted molar refractivity (Wildman–Crippen MR) is 65.6 cm³/mol. The lowest BCUT2D eigenvalue weighted by Gasteiger charge is -2.01. The number of fused-ring (bicyclic) bond motifs is 1. The molecule has 0 fully saturated rings. The third-order valence-electron chi connectivity index (χ3n) is 2.66. The summed E-state index contributed by atoms with van der Waals surface area (Å²) in [5, 5.41) is 11.7. The number of hydrogen-bond acceptors (Lipinski definition) is 5. The number of H-pyrrole nitrogens is 1. The molecule has 0 radical (unpaired) electrons. The first-order valence-electron chi connectivity index (χ1n) is 5.73. The molecule has 2 aromatic rings. The number of carbonyl (C=O) groups is 1. The number of aromatic amines is 1. The number of esters is 1. The molecule has 0 saturated heterocycles. The Morgan fingerprint density at radius 2 is 2.37 bits per heavy atom. The molecule has 0 atom stereocenters. The van der Waals surface area contributed by atoms with E-state index in [0.717, 1.165) is 0 Å². The van der Waals surface area contributed by atoms with Crippen molar-refractivity contribution in [2.24, 2.45) is 0 Å². The molecule has 7 nitrogen and oxygen atoms in total. The maximum atomic E-state index is 12.1. The van der Waals surface area contributed by atoms with Gasteiger partial charge in [0, 0.05) is 11.8 Å². The van der Waals surface area contributed by atoms with Crippen molar-refractivity contribution in [2.75, 3.05) is 6.61 Å². The van der Waals surface area contributed by atoms with Crippen LogP contribution >= 0.6 is 0 Å². The molecular formula is C12H12N4O3. The zero-order chi connectivity index (χ0) is 14.0. The summed E-state index contributed by atoms with van der Waals surface area (Å²) >= 11 is 0. The van der Waals surface area contributed by atoms with Gasteiger partial charge in [-0.25, -0.2) is 4.98 Å². The highest BCUT2D eigenvalue weighted by molar-refractivity contribution is 5.72. The first-order valence-corrected chi connectivity index (χ1v) is 5.73. The molecular weight excluding hydrogens is 248 g/mol. The molecule has 0 spiro atoms. The van der Waals surface area contributed by atoms with Gasteiger partial charge in [-0.1, -0.05) is 0 Å². The van der Waals surface area contributed by atoms with Gasteiger partial charge in [0.05, 0.1) is 18.7 Å². The van der Waals surface area contributed by atoms with E-state index in [1.165, 1.54) is 10.7 Å². The van der Waals surface area contributed by atoms with E-state index < -0.39 is 11.5 Å². The topological polar surface area (TPSA) is 100 Å². The highest BCUT2D eigenvalue weighted by Crippen LogP contribution is 2.10. The fourth-order valence-electron chi connectivity index (χ4n) is 1.79. The van der Waals surface area contributed by atoms with Crippen LogP contribution in [0.2, 0.25) is 0 Å². The van der Waals surface area contributed by atoms with Gasteiger partial charge in [-0.05, 0) is 13.8 Å². The van der Waals surface area contributed by atoms with Crippen molar-refractivity contribution in [1.82, 2.24) is 14.6 Å². The number of aromatic nitrogens is 3. The van der Waals surface area contributed by atoms with E-state index in [1.807, 2.05) is 6.07 Å². The van der Waals surface area contributed by atoms with Crippen molar-refractivity contribution >= 4 is 11.6 Å². The average molecular weight is 260 g/mol. The van der Waals surface area contributed by atoms with Crippen molar-refractivity contribution in [3.8, 4) is 6.07 Å². The summed E-state index contributed by atoms with van der Waals surface area (Å²) < 4.78 is 5.95. The summed E-state index contributed by atoms with van der Waals surface area (Å²) in [5.74, 6) is -0.481. The van der Waals surface area contributed by atoms with Crippen LogP contribution in [0.15, 0.2) is 11.0 Å². The fourth-order valence-corrected chi connectivity index (χ4v) is 1.79. The summed E-state index contributed by atoms with van der Waals surface area (Å²) in [7, 11) is 0. The van der Waals surface area contributed by atoms with Crippen LogP contribution in [0.4, 0.5) is 0 Å². The van der Waals surface area contributed by atoms with Gasteiger partial charge in [0.2, 0.25) is 0 Å². The van der Waals surface area contributed by atoms with Gasteiger partial charge >= 0.3 is 5.97 Å². The molecule has 2 heterocycles. The van der Waals surface area contributed by atoms with Crippen molar-refractivity contribution in [2.45, 2.75) is 20.3 Å². The van der Waals surface area contributed by atoms with Gasteiger partial charge in [-0.2, -0.15) is 9.78 Å². The minimum Gasteiger partial charge on any atom is -0.466 e. The quantitative estimate of drug-likeness (QED) is 0.800. The first-order chi connectivity index (χ1) is 9.08. The number of carbonyl (C=O) groups excluding carboxylic acids is 1. The largest absolute Gasteiger partial charge is 0.466 e. The number of ether oxygens (including phenoxy) is 1. The minimum atomic E-state index is -0.481. The van der Waals surface area contributed by atoms with E-state index in [0.29, 0.717) is 11.3 Å². The molecule has 7 heteroatoms. The lowest BCUT2D eigenvalue weighted by atomic mass is 10.2. The van der Waals surface area contributed by atoms with Crippen LogP contribution in [0.5, 0.6) is 0 Å². The molecule has 98 valence electrons. The Labute approximate surface area is 108 Å². The minimum absolute atomic E-state index is 0.136. The normalized spacial score (nSPS) is 10.4. The van der Waals surface area contributed by atoms with Crippen molar-refractivity contribution in [3.63, 3.8) is 0 Å². The van der Waals surface area contributed by atoms with Crippen LogP contribution in [0.1, 0.15) is 23.7 Å². The Bertz CT molecular complexity index is 736. The Hall–Kier alpha value is -2.62. The second-order valence-corrected chi connectivity index (χ2v) is 3.95. The number of hydrogen-bond donors (Lipinski definition) is 1. The second kappa shape index (κ2) is 4.94. The first kappa shape index (κ1) is 12.8. The van der Waals surface area contributed by atoms with Crippen molar-refractivity contribution in [3.05, 3.63) is 33.4 Å². The van der Waals surface area contributed by atoms with Crippen LogP contribution in [-0.2, 0) is 16.0 Å². The van der Waals surface area contributed by atoms with Crippen molar-refractivity contribution in [1.29, 1.82) is 5.26 Å². The molecule has 19 heavy (non-hydrogen) atoms. The maximum absolute atomic E-state index is 12.1. The molecule has 0 aromatic carbocycles. The van der Waals surface area contributed by atoms with E-state index in [9.17, 15) is 9.59 Å². The number of aryl methyl sites for hydroxylation is 1. The van der Waals surface area contributed by atoms with E-state index in [1.54, 1.807) is 13.8 Å². The summed E-state index contributed by atoms with van der Waals surface area (Å²) in [4.78, 5) is 27.5. The smallest absolute Gasteiger partial charge is 0.310 e. The van der Waals surface area contributed by atoms with Gasteiger partial charge in [0.25, 0.3) is 5.56 Å². The summed E-state index contributed by atoms with van der Waals surface area (Å²) in [6.07, 6.45) is 1.17. The van der Waals surface area contributed by atoms with E-state index in [2.05, 4.69) is 10.1 Å². The number of nitrogens with one attached hydrogen (secondary N) is 1. The molecule has 0 amide bonds. The number of rotatable bonds is 3. The summed E-state index contributed by atoms with van der Waals surface area (Å²) in [5.41, 5.74) is 0.960. The molecule has 1 N–H and O–H groups in total. The standard InChI is InChI=1S/C12H12N4O3/c1-3-19-10(17)4-8-6-14-11-9(5-13)7(2)15-16(11)12(8)18/h6,15H,3-4H2,1-2H3. The molecule has 2 aromatic heterocycles.